The molecule has 4 atom stereocenters. The van der Waals surface area contributed by atoms with Crippen molar-refractivity contribution in [3.8, 4) is 0 Å². The predicted molar refractivity (Wildman–Crippen MR) is 111 cm³/mol. The molecule has 0 aliphatic rings. The standard InChI is InChI=1S/4C5H11NO2.Zr/c4*1-3(2)4(6)5(7)8;/h4*3-4H,6H2,1-2H3,(H,7,8);/q;;;;+4/p-4/t4*4-;/m0000./s1. The van der Waals surface area contributed by atoms with E-state index in [4.69, 9.17) is 22.9 Å². The van der Waals surface area contributed by atoms with Crippen LogP contribution >= 0.6 is 0 Å². The van der Waals surface area contributed by atoms with E-state index < -0.39 is 48.0 Å². The summed E-state index contributed by atoms with van der Waals surface area (Å²) in [5, 5.41) is 39.6. The molecular formula is C20H40N4O8Zr. The second-order valence-electron chi connectivity index (χ2n) is 8.36. The van der Waals surface area contributed by atoms with Crippen molar-refractivity contribution in [1.82, 2.24) is 0 Å². The fourth-order valence-corrected chi connectivity index (χ4v) is 1.09. The molecule has 0 rings (SSSR count). The maximum Gasteiger partial charge on any atom is 4.00 e. The van der Waals surface area contributed by atoms with Gasteiger partial charge in [-0.2, -0.15) is 0 Å². The van der Waals surface area contributed by atoms with Crippen molar-refractivity contribution >= 4 is 23.9 Å². The zero-order valence-corrected chi connectivity index (χ0v) is 23.2. The molecule has 33 heavy (non-hydrogen) atoms. The van der Waals surface area contributed by atoms with Crippen LogP contribution < -0.4 is 43.4 Å². The van der Waals surface area contributed by atoms with Crippen LogP contribution in [0.2, 0.25) is 0 Å². The summed E-state index contributed by atoms with van der Waals surface area (Å²) in [5.41, 5.74) is 20.4. The molecule has 192 valence electrons. The van der Waals surface area contributed by atoms with Gasteiger partial charge >= 0.3 is 26.2 Å². The molecule has 0 aromatic rings. The fourth-order valence-electron chi connectivity index (χ4n) is 1.09. The molecule has 8 N–H and O–H groups in total. The summed E-state index contributed by atoms with van der Waals surface area (Å²) in [5.74, 6) is -4.89. The Morgan fingerprint density at radius 2 is 0.515 bits per heavy atom. The van der Waals surface area contributed by atoms with Crippen LogP contribution in [0.3, 0.4) is 0 Å². The van der Waals surface area contributed by atoms with Crippen LogP contribution in [-0.2, 0) is 45.4 Å². The first-order chi connectivity index (χ1) is 14.2. The third kappa shape index (κ3) is 26.7. The van der Waals surface area contributed by atoms with Gasteiger partial charge in [-0.15, -0.1) is 0 Å². The summed E-state index contributed by atoms with van der Waals surface area (Å²) in [6.45, 7) is 13.9. The third-order valence-corrected chi connectivity index (χ3v) is 3.96. The predicted octanol–water partition coefficient (Wildman–Crippen LogP) is -5.12. The van der Waals surface area contributed by atoms with Crippen molar-refractivity contribution in [3.05, 3.63) is 0 Å². The van der Waals surface area contributed by atoms with Crippen LogP contribution in [0.25, 0.3) is 0 Å². The molecule has 0 aromatic heterocycles. The molecular weight excluding hydrogens is 515 g/mol. The summed E-state index contributed by atoms with van der Waals surface area (Å²) in [6.07, 6.45) is 0. The molecule has 0 aliphatic heterocycles. The summed E-state index contributed by atoms with van der Waals surface area (Å²) < 4.78 is 0. The first kappa shape index (κ1) is 41.8. The second-order valence-corrected chi connectivity index (χ2v) is 8.36. The summed E-state index contributed by atoms with van der Waals surface area (Å²) in [4.78, 5) is 39.6. The molecule has 0 saturated carbocycles. The molecule has 0 unspecified atom stereocenters. The molecule has 12 nitrogen and oxygen atoms in total. The third-order valence-electron chi connectivity index (χ3n) is 3.96. The van der Waals surface area contributed by atoms with E-state index in [9.17, 15) is 39.6 Å². The number of carboxylic acid groups (broad SMARTS) is 4. The van der Waals surface area contributed by atoms with E-state index in [0.717, 1.165) is 0 Å². The summed E-state index contributed by atoms with van der Waals surface area (Å²) in [6, 6.07) is -3.30. The van der Waals surface area contributed by atoms with Gasteiger partial charge < -0.3 is 62.5 Å². The number of carboxylic acids is 4. The van der Waals surface area contributed by atoms with Gasteiger partial charge in [0.25, 0.3) is 0 Å². The van der Waals surface area contributed by atoms with E-state index in [-0.39, 0.29) is 49.9 Å². The minimum atomic E-state index is -1.18. The van der Waals surface area contributed by atoms with Crippen LogP contribution in [-0.4, -0.2) is 48.0 Å². The topological polar surface area (TPSA) is 265 Å². The molecule has 0 aliphatic carbocycles. The largest absolute Gasteiger partial charge is 4.00 e. The van der Waals surface area contributed by atoms with Gasteiger partial charge in [0.2, 0.25) is 0 Å². The van der Waals surface area contributed by atoms with E-state index in [1.165, 1.54) is 0 Å². The first-order valence-electron chi connectivity index (χ1n) is 10.1. The fraction of sp³-hybridized carbons (Fsp3) is 0.800. The van der Waals surface area contributed by atoms with Crippen molar-refractivity contribution in [2.45, 2.75) is 79.6 Å². The van der Waals surface area contributed by atoms with Gasteiger partial charge in [0.05, 0.1) is 23.9 Å². The Morgan fingerprint density at radius 1 is 0.424 bits per heavy atom. The van der Waals surface area contributed by atoms with Crippen LogP contribution in [0.4, 0.5) is 0 Å². The number of hydrogen-bond donors (Lipinski definition) is 4. The number of nitrogens with two attached hydrogens (primary N) is 4. The smallest absolute Gasteiger partial charge is 0.548 e. The number of aliphatic carboxylic acids is 4. The maximum absolute atomic E-state index is 9.90. The van der Waals surface area contributed by atoms with Gasteiger partial charge in [-0.1, -0.05) is 55.4 Å². The Hall–Kier alpha value is -1.40. The van der Waals surface area contributed by atoms with Crippen molar-refractivity contribution in [1.29, 1.82) is 0 Å². The van der Waals surface area contributed by atoms with Crippen molar-refractivity contribution < 1.29 is 65.8 Å². The number of rotatable bonds is 8. The van der Waals surface area contributed by atoms with Gasteiger partial charge in [0.15, 0.2) is 0 Å². The van der Waals surface area contributed by atoms with Gasteiger partial charge in [0.1, 0.15) is 0 Å². The van der Waals surface area contributed by atoms with Gasteiger partial charge in [-0.3, -0.25) is 0 Å². The second kappa shape index (κ2) is 22.4. The zero-order valence-electron chi connectivity index (χ0n) is 20.7. The monoisotopic (exact) mass is 554 g/mol. The Morgan fingerprint density at radius 3 is 0.515 bits per heavy atom. The molecule has 0 fully saturated rings. The van der Waals surface area contributed by atoms with Crippen molar-refractivity contribution in [2.75, 3.05) is 0 Å². The van der Waals surface area contributed by atoms with Gasteiger partial charge in [-0.25, -0.2) is 0 Å². The van der Waals surface area contributed by atoms with Crippen molar-refractivity contribution in [3.63, 3.8) is 0 Å². The Kier molecular flexibility index (Phi) is 28.4. The number of carbonyl (C=O) groups is 4. The molecule has 0 saturated heterocycles. The molecule has 0 bridgehead atoms. The molecule has 0 aromatic carbocycles. The summed E-state index contributed by atoms with van der Waals surface area (Å²) in [7, 11) is 0. The van der Waals surface area contributed by atoms with Crippen LogP contribution in [0.1, 0.15) is 55.4 Å². The van der Waals surface area contributed by atoms with E-state index in [0.29, 0.717) is 0 Å². The molecule has 0 spiro atoms. The first-order valence-corrected chi connectivity index (χ1v) is 10.1. The van der Waals surface area contributed by atoms with Crippen LogP contribution in [0.15, 0.2) is 0 Å². The normalized spacial score (nSPS) is 13.6. The number of hydrogen-bond acceptors (Lipinski definition) is 12. The van der Waals surface area contributed by atoms with Crippen molar-refractivity contribution in [2.24, 2.45) is 46.6 Å². The minimum Gasteiger partial charge on any atom is -0.548 e. The van der Waals surface area contributed by atoms with Gasteiger partial charge in [0, 0.05) is 24.2 Å². The van der Waals surface area contributed by atoms with E-state index in [2.05, 4.69) is 0 Å². The maximum atomic E-state index is 9.90. The average molecular weight is 556 g/mol. The van der Waals surface area contributed by atoms with E-state index in [1.54, 1.807) is 55.4 Å². The molecule has 0 heterocycles. The van der Waals surface area contributed by atoms with Crippen LogP contribution in [0.5, 0.6) is 0 Å². The Labute approximate surface area is 215 Å². The van der Waals surface area contributed by atoms with E-state index >= 15 is 0 Å². The van der Waals surface area contributed by atoms with Gasteiger partial charge in [-0.05, 0) is 23.7 Å². The molecule has 0 amide bonds. The van der Waals surface area contributed by atoms with Crippen LogP contribution in [0, 0.1) is 23.7 Å². The molecule has 0 radical (unpaired) electrons. The Balaban J connectivity index is -0.000000105. The zero-order chi connectivity index (χ0) is 26.9. The Bertz CT molecular complexity index is 464. The quantitative estimate of drug-likeness (QED) is 0.219. The number of carbonyl (C=O) groups excluding carboxylic acids is 4. The minimum absolute atomic E-state index is 0. The average Bonchev–Trinajstić information content (AvgIpc) is 2.65. The van der Waals surface area contributed by atoms with E-state index in [1.807, 2.05) is 0 Å². The SMILES string of the molecule is CC(C)[C@H](N)C(=O)[O-].CC(C)[C@H](N)C(=O)[O-].CC(C)[C@H](N)C(=O)[O-].CC(C)[C@H](N)C(=O)[O-].[Zr+4]. The summed E-state index contributed by atoms with van der Waals surface area (Å²) >= 11 is 0. The molecule has 13 heteroatoms.